The Labute approximate surface area is 75.4 Å². The second kappa shape index (κ2) is 1.97. The van der Waals surface area contributed by atoms with Crippen LogP contribution in [0.4, 0.5) is 10.1 Å². The van der Waals surface area contributed by atoms with E-state index >= 15 is 0 Å². The van der Waals surface area contributed by atoms with Crippen molar-refractivity contribution in [2.24, 2.45) is 0 Å². The van der Waals surface area contributed by atoms with Crippen molar-refractivity contribution in [1.82, 2.24) is 0 Å². The Hall–Kier alpha value is -1.25. The molecule has 2 nitrogen and oxygen atoms in total. The number of nitrogens with one attached hydrogen (secondary N) is 1. The van der Waals surface area contributed by atoms with Gasteiger partial charge in [-0.3, -0.25) is 0 Å². The Kier molecular flexibility index (Phi) is 1.09. The number of rotatable bonds is 0. The fourth-order valence-electron chi connectivity index (χ4n) is 2.16. The van der Waals surface area contributed by atoms with Crippen LogP contribution in [-0.4, -0.2) is 11.7 Å². The molecule has 0 bridgehead atoms. The molecule has 1 fully saturated rings. The highest BCUT2D eigenvalue weighted by Gasteiger charge is 2.51. The van der Waals surface area contributed by atoms with E-state index in [0.29, 0.717) is 5.56 Å². The normalized spacial score (nSPS) is 21.3. The Morgan fingerprint density at radius 1 is 1.38 bits per heavy atom. The molecule has 68 valence electrons. The fraction of sp³-hybridized carbons (Fsp3) is 0.400. The maximum absolute atomic E-state index is 13.5. The Balaban J connectivity index is 2.27. The van der Waals surface area contributed by atoms with Gasteiger partial charge in [0.25, 0.3) is 0 Å². The maximum atomic E-state index is 13.5. The van der Waals surface area contributed by atoms with Crippen molar-refractivity contribution < 1.29 is 9.50 Å². The average Bonchev–Trinajstić information content (AvgIpc) is 2.77. The van der Waals surface area contributed by atoms with E-state index in [2.05, 4.69) is 5.32 Å². The number of fused-ring (bicyclic) bond motifs is 2. The second-order valence-electron chi connectivity index (χ2n) is 3.96. The number of halogens is 1. The molecule has 1 spiro atoms. The van der Waals surface area contributed by atoms with Crippen LogP contribution in [0.25, 0.3) is 0 Å². The highest BCUT2D eigenvalue weighted by Crippen LogP contribution is 2.56. The summed E-state index contributed by atoms with van der Waals surface area (Å²) in [6.45, 7) is 0.822. The molecule has 2 N–H and O–H groups in total. The molecule has 1 saturated carbocycles. The van der Waals surface area contributed by atoms with E-state index in [1.54, 1.807) is 6.07 Å². The molecule has 1 aromatic carbocycles. The lowest BCUT2D eigenvalue weighted by atomic mass is 9.98. The first-order chi connectivity index (χ1) is 6.23. The van der Waals surface area contributed by atoms with Crippen molar-refractivity contribution in [3.8, 4) is 5.75 Å². The molecule has 0 unspecified atom stereocenters. The SMILES string of the molecule is Oc1ccc2c(c1F)C1(CC1)CN2. The lowest BCUT2D eigenvalue weighted by Gasteiger charge is -2.07. The third-order valence-corrected chi connectivity index (χ3v) is 3.12. The highest BCUT2D eigenvalue weighted by molar-refractivity contribution is 5.65. The molecule has 0 radical (unpaired) electrons. The Morgan fingerprint density at radius 3 is 2.85 bits per heavy atom. The number of hydrogen-bond donors (Lipinski definition) is 2. The van der Waals surface area contributed by atoms with Crippen molar-refractivity contribution in [1.29, 1.82) is 0 Å². The number of phenolic OH excluding ortho intramolecular Hbond substituents is 1. The molecule has 2 aliphatic rings. The number of anilines is 1. The van der Waals surface area contributed by atoms with E-state index in [-0.39, 0.29) is 11.2 Å². The van der Waals surface area contributed by atoms with E-state index in [1.165, 1.54) is 6.07 Å². The molecule has 0 aromatic heterocycles. The van der Waals surface area contributed by atoms with Crippen LogP contribution in [0.15, 0.2) is 12.1 Å². The second-order valence-corrected chi connectivity index (χ2v) is 3.96. The lowest BCUT2D eigenvalue weighted by Crippen LogP contribution is -2.09. The summed E-state index contributed by atoms with van der Waals surface area (Å²) >= 11 is 0. The van der Waals surface area contributed by atoms with E-state index in [9.17, 15) is 9.50 Å². The molecule has 0 saturated heterocycles. The van der Waals surface area contributed by atoms with E-state index in [1.807, 2.05) is 0 Å². The monoisotopic (exact) mass is 179 g/mol. The van der Waals surface area contributed by atoms with Gasteiger partial charge in [0.15, 0.2) is 11.6 Å². The predicted molar refractivity (Wildman–Crippen MR) is 47.5 cm³/mol. The molecular weight excluding hydrogens is 169 g/mol. The third-order valence-electron chi connectivity index (χ3n) is 3.12. The van der Waals surface area contributed by atoms with Crippen LogP contribution in [0.1, 0.15) is 18.4 Å². The maximum Gasteiger partial charge on any atom is 0.170 e. The number of benzene rings is 1. The predicted octanol–water partition coefficient (Wildman–Crippen LogP) is 1.99. The van der Waals surface area contributed by atoms with Gasteiger partial charge in [-0.15, -0.1) is 0 Å². The van der Waals surface area contributed by atoms with Crippen molar-refractivity contribution in [3.05, 3.63) is 23.5 Å². The number of hydrogen-bond acceptors (Lipinski definition) is 2. The van der Waals surface area contributed by atoms with Crippen molar-refractivity contribution in [2.45, 2.75) is 18.3 Å². The zero-order valence-electron chi connectivity index (χ0n) is 7.10. The van der Waals surface area contributed by atoms with Crippen molar-refractivity contribution >= 4 is 5.69 Å². The zero-order chi connectivity index (χ0) is 9.05. The van der Waals surface area contributed by atoms with Crippen LogP contribution < -0.4 is 5.32 Å². The molecule has 1 aromatic rings. The van der Waals surface area contributed by atoms with Crippen LogP contribution in [-0.2, 0) is 5.41 Å². The lowest BCUT2D eigenvalue weighted by molar-refractivity contribution is 0.426. The van der Waals surface area contributed by atoms with Gasteiger partial charge >= 0.3 is 0 Å². The first-order valence-electron chi connectivity index (χ1n) is 4.49. The Morgan fingerprint density at radius 2 is 2.15 bits per heavy atom. The van der Waals surface area contributed by atoms with Gasteiger partial charge in [-0.25, -0.2) is 4.39 Å². The molecule has 1 aliphatic heterocycles. The summed E-state index contributed by atoms with van der Waals surface area (Å²) in [7, 11) is 0. The standard InChI is InChI=1S/C10H10FNO/c11-9-7(13)2-1-6-8(9)10(3-4-10)5-12-6/h1-2,12-13H,3-5H2. The van der Waals surface area contributed by atoms with Crippen LogP contribution in [0.3, 0.4) is 0 Å². The summed E-state index contributed by atoms with van der Waals surface area (Å²) in [4.78, 5) is 0. The molecule has 3 heteroatoms. The van der Waals surface area contributed by atoms with Gasteiger partial charge in [-0.05, 0) is 25.0 Å². The number of phenols is 1. The van der Waals surface area contributed by atoms with Crippen LogP contribution in [0.5, 0.6) is 5.75 Å². The minimum Gasteiger partial charge on any atom is -0.505 e. The van der Waals surface area contributed by atoms with Gasteiger partial charge in [-0.1, -0.05) is 0 Å². The molecule has 0 amide bonds. The minimum atomic E-state index is -0.431. The van der Waals surface area contributed by atoms with Crippen molar-refractivity contribution in [2.75, 3.05) is 11.9 Å². The van der Waals surface area contributed by atoms with Gasteiger partial charge < -0.3 is 10.4 Å². The summed E-state index contributed by atoms with van der Waals surface area (Å²) < 4.78 is 13.5. The molecule has 1 aliphatic carbocycles. The summed E-state index contributed by atoms with van der Waals surface area (Å²) in [5.74, 6) is -0.659. The smallest absolute Gasteiger partial charge is 0.170 e. The summed E-state index contributed by atoms with van der Waals surface area (Å²) in [6, 6.07) is 3.16. The van der Waals surface area contributed by atoms with Crippen LogP contribution in [0.2, 0.25) is 0 Å². The van der Waals surface area contributed by atoms with Crippen LogP contribution in [0, 0.1) is 5.82 Å². The minimum absolute atomic E-state index is 0.0121. The van der Waals surface area contributed by atoms with E-state index < -0.39 is 5.82 Å². The van der Waals surface area contributed by atoms with Crippen LogP contribution >= 0.6 is 0 Å². The topological polar surface area (TPSA) is 32.3 Å². The Bertz CT molecular complexity index is 385. The average molecular weight is 179 g/mol. The van der Waals surface area contributed by atoms with Gasteiger partial charge in [0, 0.05) is 23.2 Å². The largest absolute Gasteiger partial charge is 0.505 e. The van der Waals surface area contributed by atoms with Gasteiger partial charge in [0.2, 0.25) is 0 Å². The zero-order valence-corrected chi connectivity index (χ0v) is 7.10. The van der Waals surface area contributed by atoms with Gasteiger partial charge in [0.1, 0.15) is 0 Å². The summed E-state index contributed by atoms with van der Waals surface area (Å²) in [5, 5.41) is 12.4. The fourth-order valence-corrected chi connectivity index (χ4v) is 2.16. The first-order valence-corrected chi connectivity index (χ1v) is 4.49. The van der Waals surface area contributed by atoms with E-state index in [4.69, 9.17) is 0 Å². The molecule has 13 heavy (non-hydrogen) atoms. The summed E-state index contributed by atoms with van der Waals surface area (Å²) in [6.07, 6.45) is 2.07. The third kappa shape index (κ3) is 0.767. The molecule has 0 atom stereocenters. The van der Waals surface area contributed by atoms with Gasteiger partial charge in [-0.2, -0.15) is 0 Å². The van der Waals surface area contributed by atoms with Gasteiger partial charge in [0.05, 0.1) is 0 Å². The summed E-state index contributed by atoms with van der Waals surface area (Å²) in [5.41, 5.74) is 1.57. The quantitative estimate of drug-likeness (QED) is 0.597. The molecular formula is C10H10FNO. The number of aromatic hydroxyl groups is 1. The highest BCUT2D eigenvalue weighted by atomic mass is 19.1. The molecule has 3 rings (SSSR count). The van der Waals surface area contributed by atoms with Crippen molar-refractivity contribution in [3.63, 3.8) is 0 Å². The van der Waals surface area contributed by atoms with E-state index in [0.717, 1.165) is 25.1 Å². The molecule has 1 heterocycles. The first kappa shape index (κ1) is 7.18.